The van der Waals surface area contributed by atoms with Crippen molar-refractivity contribution in [2.45, 2.75) is 44.7 Å². The van der Waals surface area contributed by atoms with Crippen molar-refractivity contribution in [2.75, 3.05) is 5.32 Å². The molecule has 2 amide bonds. The second kappa shape index (κ2) is 6.51. The number of aryl methyl sites for hydroxylation is 2. The van der Waals surface area contributed by atoms with Crippen molar-refractivity contribution in [1.29, 1.82) is 0 Å². The molecule has 0 aromatic carbocycles. The van der Waals surface area contributed by atoms with Crippen LogP contribution in [0, 0.1) is 12.8 Å². The van der Waals surface area contributed by atoms with Gasteiger partial charge in [-0.05, 0) is 32.3 Å². The molecule has 2 aromatic heterocycles. The summed E-state index contributed by atoms with van der Waals surface area (Å²) in [6.45, 7) is 1.81. The molecule has 2 aliphatic rings. The summed E-state index contributed by atoms with van der Waals surface area (Å²) in [5, 5.41) is 10.8. The van der Waals surface area contributed by atoms with Crippen molar-refractivity contribution in [2.24, 2.45) is 13.0 Å². The van der Waals surface area contributed by atoms with Crippen LogP contribution in [0.3, 0.4) is 0 Å². The molecule has 4 rings (SSSR count). The first-order valence-electron chi connectivity index (χ1n) is 8.94. The molecule has 1 aliphatic carbocycles. The van der Waals surface area contributed by atoms with Gasteiger partial charge < -0.3 is 14.8 Å². The summed E-state index contributed by atoms with van der Waals surface area (Å²) >= 11 is 0. The van der Waals surface area contributed by atoms with Gasteiger partial charge in [-0.25, -0.2) is 4.98 Å². The number of carbonyl (C=O) groups excluding carboxylic acids is 2. The molecule has 2 fully saturated rings. The van der Waals surface area contributed by atoms with Gasteiger partial charge in [-0.15, -0.1) is 0 Å². The van der Waals surface area contributed by atoms with Gasteiger partial charge in [0.1, 0.15) is 11.9 Å². The largest absolute Gasteiger partial charge is 0.336 e. The van der Waals surface area contributed by atoms with E-state index in [0.717, 1.165) is 18.7 Å². The van der Waals surface area contributed by atoms with Gasteiger partial charge >= 0.3 is 0 Å². The molecule has 136 valence electrons. The number of imidazole rings is 1. The first-order valence-corrected chi connectivity index (χ1v) is 8.94. The van der Waals surface area contributed by atoms with E-state index in [-0.39, 0.29) is 29.8 Å². The van der Waals surface area contributed by atoms with Crippen molar-refractivity contribution in [3.8, 4) is 0 Å². The third-order valence-corrected chi connectivity index (χ3v) is 5.20. The van der Waals surface area contributed by atoms with Gasteiger partial charge in [-0.2, -0.15) is 10.2 Å². The minimum absolute atomic E-state index is 0.104. The van der Waals surface area contributed by atoms with Crippen LogP contribution in [0.4, 0.5) is 5.69 Å². The van der Waals surface area contributed by atoms with Crippen LogP contribution in [0.15, 0.2) is 24.7 Å². The predicted molar refractivity (Wildman–Crippen MR) is 93.9 cm³/mol. The highest BCUT2D eigenvalue weighted by molar-refractivity contribution is 5.95. The zero-order valence-electron chi connectivity index (χ0n) is 14.9. The Labute approximate surface area is 151 Å². The number of rotatable bonds is 4. The van der Waals surface area contributed by atoms with Crippen molar-refractivity contribution in [3.63, 3.8) is 0 Å². The minimum atomic E-state index is -0.345. The van der Waals surface area contributed by atoms with E-state index in [4.69, 9.17) is 0 Å². The summed E-state index contributed by atoms with van der Waals surface area (Å²) in [7, 11) is 1.90. The first-order chi connectivity index (χ1) is 12.6. The van der Waals surface area contributed by atoms with Crippen LogP contribution in [0.1, 0.15) is 43.2 Å². The fourth-order valence-corrected chi connectivity index (χ4v) is 3.70. The summed E-state index contributed by atoms with van der Waals surface area (Å²) < 4.78 is 1.90. The van der Waals surface area contributed by atoms with Gasteiger partial charge in [0.15, 0.2) is 0 Å². The second-order valence-corrected chi connectivity index (χ2v) is 7.04. The standard InChI is InChI=1S/C18H22N6O2/c1-11-14(7-8-20-22-11)21-18(26)13-5-6-15(25)24(12-3-4-12)16(13)17-19-9-10-23(17)2/h7-10,12-13,16H,3-6H2,1-2H3,(H,20,21,26)/t13-,16-/m0/s1. The number of hydrogen-bond acceptors (Lipinski definition) is 5. The summed E-state index contributed by atoms with van der Waals surface area (Å²) in [5.41, 5.74) is 1.32. The maximum Gasteiger partial charge on any atom is 0.230 e. The zero-order chi connectivity index (χ0) is 18.3. The van der Waals surface area contributed by atoms with E-state index in [0.29, 0.717) is 24.2 Å². The molecule has 8 heteroatoms. The number of nitrogens with one attached hydrogen (secondary N) is 1. The van der Waals surface area contributed by atoms with Gasteiger partial charge in [0, 0.05) is 31.9 Å². The van der Waals surface area contributed by atoms with E-state index in [1.165, 1.54) is 0 Å². The van der Waals surface area contributed by atoms with Crippen LogP contribution in [-0.2, 0) is 16.6 Å². The Morgan fingerprint density at radius 2 is 2.08 bits per heavy atom. The molecule has 1 aliphatic heterocycles. The molecule has 26 heavy (non-hydrogen) atoms. The number of hydrogen-bond donors (Lipinski definition) is 1. The fourth-order valence-electron chi connectivity index (χ4n) is 3.70. The molecular formula is C18H22N6O2. The highest BCUT2D eigenvalue weighted by Gasteiger charge is 2.48. The number of likely N-dealkylation sites (tertiary alicyclic amines) is 1. The van der Waals surface area contributed by atoms with E-state index >= 15 is 0 Å². The lowest BCUT2D eigenvalue weighted by atomic mass is 9.86. The maximum absolute atomic E-state index is 13.1. The summed E-state index contributed by atoms with van der Waals surface area (Å²) in [6.07, 6.45) is 8.02. The first kappa shape index (κ1) is 16.7. The Morgan fingerprint density at radius 3 is 2.73 bits per heavy atom. The normalized spacial score (nSPS) is 23.2. The number of carbonyl (C=O) groups is 2. The van der Waals surface area contributed by atoms with Crippen LogP contribution < -0.4 is 5.32 Å². The molecular weight excluding hydrogens is 332 g/mol. The number of nitrogens with zero attached hydrogens (tertiary/aromatic N) is 5. The maximum atomic E-state index is 13.1. The fraction of sp³-hybridized carbons (Fsp3) is 0.500. The molecule has 2 atom stereocenters. The van der Waals surface area contributed by atoms with Crippen molar-refractivity contribution in [1.82, 2.24) is 24.6 Å². The molecule has 0 spiro atoms. The molecule has 1 saturated heterocycles. The lowest BCUT2D eigenvalue weighted by Crippen LogP contribution is -2.48. The van der Waals surface area contributed by atoms with E-state index in [1.807, 2.05) is 22.7 Å². The van der Waals surface area contributed by atoms with Crippen LogP contribution in [-0.4, -0.2) is 42.5 Å². The van der Waals surface area contributed by atoms with E-state index in [9.17, 15) is 9.59 Å². The van der Waals surface area contributed by atoms with Crippen LogP contribution in [0.5, 0.6) is 0 Å². The molecule has 0 radical (unpaired) electrons. The highest BCUT2D eigenvalue weighted by atomic mass is 16.2. The van der Waals surface area contributed by atoms with Gasteiger partial charge in [0.25, 0.3) is 0 Å². The van der Waals surface area contributed by atoms with Crippen molar-refractivity contribution < 1.29 is 9.59 Å². The smallest absolute Gasteiger partial charge is 0.230 e. The number of anilines is 1. The molecule has 8 nitrogen and oxygen atoms in total. The molecule has 2 aromatic rings. The van der Waals surface area contributed by atoms with Crippen LogP contribution >= 0.6 is 0 Å². The molecule has 0 bridgehead atoms. The Balaban J connectivity index is 1.66. The minimum Gasteiger partial charge on any atom is -0.336 e. The van der Waals surface area contributed by atoms with Gasteiger partial charge in [0.05, 0.1) is 23.5 Å². The zero-order valence-corrected chi connectivity index (χ0v) is 14.9. The molecule has 0 unspecified atom stereocenters. The topological polar surface area (TPSA) is 93.0 Å². The second-order valence-electron chi connectivity index (χ2n) is 7.04. The molecule has 1 N–H and O–H groups in total. The third-order valence-electron chi connectivity index (χ3n) is 5.20. The average Bonchev–Trinajstić information content (AvgIpc) is 3.37. The Bertz CT molecular complexity index is 844. The van der Waals surface area contributed by atoms with Crippen molar-refractivity contribution >= 4 is 17.5 Å². The van der Waals surface area contributed by atoms with E-state index < -0.39 is 0 Å². The van der Waals surface area contributed by atoms with E-state index in [2.05, 4.69) is 20.5 Å². The predicted octanol–water partition coefficient (Wildman–Crippen LogP) is 1.60. The summed E-state index contributed by atoms with van der Waals surface area (Å²) in [5.74, 6) is 0.426. The number of amides is 2. The summed E-state index contributed by atoms with van der Waals surface area (Å²) in [6, 6.07) is 1.63. The Kier molecular flexibility index (Phi) is 4.18. The highest BCUT2D eigenvalue weighted by Crippen LogP contribution is 2.43. The molecule has 1 saturated carbocycles. The van der Waals surface area contributed by atoms with Crippen LogP contribution in [0.25, 0.3) is 0 Å². The Morgan fingerprint density at radius 1 is 1.27 bits per heavy atom. The Hall–Kier alpha value is -2.77. The van der Waals surface area contributed by atoms with Gasteiger partial charge in [-0.1, -0.05) is 0 Å². The van der Waals surface area contributed by atoms with Crippen molar-refractivity contribution in [3.05, 3.63) is 36.2 Å². The lowest BCUT2D eigenvalue weighted by Gasteiger charge is -2.40. The van der Waals surface area contributed by atoms with Gasteiger partial charge in [-0.3, -0.25) is 9.59 Å². The summed E-state index contributed by atoms with van der Waals surface area (Å²) in [4.78, 5) is 32.1. The van der Waals surface area contributed by atoms with Gasteiger partial charge in [0.2, 0.25) is 11.8 Å². The van der Waals surface area contributed by atoms with Crippen LogP contribution in [0.2, 0.25) is 0 Å². The average molecular weight is 354 g/mol. The lowest BCUT2D eigenvalue weighted by molar-refractivity contribution is -0.143. The number of aromatic nitrogens is 4. The monoisotopic (exact) mass is 354 g/mol. The number of piperidine rings is 1. The quantitative estimate of drug-likeness (QED) is 0.900. The van der Waals surface area contributed by atoms with E-state index in [1.54, 1.807) is 25.4 Å². The SMILES string of the molecule is Cc1nnccc1NC(=O)[C@H]1CCC(=O)N(C2CC2)[C@@H]1c1nccn1C. The third kappa shape index (κ3) is 2.95. The molecule has 3 heterocycles.